The zero-order valence-electron chi connectivity index (χ0n) is 13.1. The summed E-state index contributed by atoms with van der Waals surface area (Å²) in [6.45, 7) is 9.05. The van der Waals surface area contributed by atoms with Crippen LogP contribution in [0.3, 0.4) is 0 Å². The molecular formula is C17H22FN3. The third-order valence-corrected chi connectivity index (χ3v) is 3.38. The molecule has 1 heterocycles. The van der Waals surface area contributed by atoms with Crippen LogP contribution in [-0.4, -0.2) is 16.5 Å². The van der Waals surface area contributed by atoms with Gasteiger partial charge in [-0.25, -0.2) is 14.4 Å². The van der Waals surface area contributed by atoms with Crippen molar-refractivity contribution in [3.05, 3.63) is 41.5 Å². The van der Waals surface area contributed by atoms with Crippen LogP contribution in [0.4, 0.5) is 10.2 Å². The Morgan fingerprint density at radius 2 is 2.00 bits per heavy atom. The van der Waals surface area contributed by atoms with E-state index < -0.39 is 0 Å². The van der Waals surface area contributed by atoms with Gasteiger partial charge in [-0.2, -0.15) is 0 Å². The molecule has 0 saturated carbocycles. The van der Waals surface area contributed by atoms with Crippen LogP contribution in [-0.2, 0) is 0 Å². The zero-order chi connectivity index (χ0) is 15.4. The molecule has 2 rings (SSSR count). The molecule has 4 heteroatoms. The van der Waals surface area contributed by atoms with Crippen molar-refractivity contribution in [1.29, 1.82) is 0 Å². The fraction of sp³-hybridized carbons (Fsp3) is 0.412. The predicted octanol–water partition coefficient (Wildman–Crippen LogP) is 4.54. The van der Waals surface area contributed by atoms with Gasteiger partial charge >= 0.3 is 0 Å². The first-order chi connectivity index (χ1) is 10.0. The predicted molar refractivity (Wildman–Crippen MR) is 85.0 cm³/mol. The fourth-order valence-corrected chi connectivity index (χ4v) is 2.36. The summed E-state index contributed by atoms with van der Waals surface area (Å²) in [5, 5.41) is 3.31. The highest BCUT2D eigenvalue weighted by Gasteiger charge is 2.18. The number of nitrogens with zero attached hydrogens (tertiary/aromatic N) is 2. The summed E-state index contributed by atoms with van der Waals surface area (Å²) in [6, 6.07) is 5.11. The van der Waals surface area contributed by atoms with Gasteiger partial charge in [0, 0.05) is 17.7 Å². The minimum Gasteiger partial charge on any atom is -0.370 e. The van der Waals surface area contributed by atoms with Crippen molar-refractivity contribution in [3.63, 3.8) is 0 Å². The molecule has 21 heavy (non-hydrogen) atoms. The lowest BCUT2D eigenvalue weighted by atomic mass is 9.96. The first-order valence-corrected chi connectivity index (χ1v) is 7.39. The molecule has 0 radical (unpaired) electrons. The molecule has 0 bridgehead atoms. The number of nitrogens with one attached hydrogen (secondary N) is 1. The Balaban J connectivity index is 2.59. The van der Waals surface area contributed by atoms with Gasteiger partial charge in [-0.1, -0.05) is 32.4 Å². The Hall–Kier alpha value is -1.97. The number of halogens is 1. The molecule has 0 saturated heterocycles. The molecule has 3 nitrogen and oxygen atoms in total. The Bertz CT molecular complexity index is 623. The van der Waals surface area contributed by atoms with Crippen molar-refractivity contribution >= 4 is 5.82 Å². The summed E-state index contributed by atoms with van der Waals surface area (Å²) >= 11 is 0. The highest BCUT2D eigenvalue weighted by molar-refractivity contribution is 5.70. The highest BCUT2D eigenvalue weighted by atomic mass is 19.1. The molecule has 1 aromatic heterocycles. The van der Waals surface area contributed by atoms with Crippen LogP contribution in [0, 0.1) is 12.7 Å². The van der Waals surface area contributed by atoms with Gasteiger partial charge < -0.3 is 5.32 Å². The van der Waals surface area contributed by atoms with Gasteiger partial charge in [0.1, 0.15) is 18.0 Å². The maximum Gasteiger partial charge on any atom is 0.133 e. The van der Waals surface area contributed by atoms with Crippen molar-refractivity contribution in [1.82, 2.24) is 9.97 Å². The highest BCUT2D eigenvalue weighted by Crippen LogP contribution is 2.33. The molecule has 112 valence electrons. The van der Waals surface area contributed by atoms with Crippen molar-refractivity contribution in [2.45, 2.75) is 40.0 Å². The zero-order valence-corrected chi connectivity index (χ0v) is 13.1. The molecule has 2 aromatic rings. The van der Waals surface area contributed by atoms with Crippen molar-refractivity contribution < 1.29 is 4.39 Å². The number of hydrogen-bond acceptors (Lipinski definition) is 3. The lowest BCUT2D eigenvalue weighted by molar-refractivity contribution is 0.629. The summed E-state index contributed by atoms with van der Waals surface area (Å²) in [4.78, 5) is 8.68. The third kappa shape index (κ3) is 3.38. The largest absolute Gasteiger partial charge is 0.370 e. The number of benzene rings is 1. The first kappa shape index (κ1) is 15.4. The summed E-state index contributed by atoms with van der Waals surface area (Å²) in [7, 11) is 0. The molecule has 0 atom stereocenters. The van der Waals surface area contributed by atoms with E-state index in [2.05, 4.69) is 36.1 Å². The lowest BCUT2D eigenvalue weighted by Crippen LogP contribution is -2.09. The van der Waals surface area contributed by atoms with Crippen LogP contribution in [0.2, 0.25) is 0 Å². The second kappa shape index (κ2) is 6.66. The third-order valence-electron chi connectivity index (χ3n) is 3.38. The van der Waals surface area contributed by atoms with Crippen LogP contribution >= 0.6 is 0 Å². The molecule has 0 aliphatic carbocycles. The molecule has 1 N–H and O–H groups in total. The minimum atomic E-state index is -0.248. The van der Waals surface area contributed by atoms with E-state index in [0.29, 0.717) is 11.3 Å². The van der Waals surface area contributed by atoms with E-state index in [1.807, 2.05) is 13.0 Å². The number of aryl methyl sites for hydroxylation is 1. The second-order valence-corrected chi connectivity index (χ2v) is 5.55. The van der Waals surface area contributed by atoms with E-state index in [9.17, 15) is 4.39 Å². The average molecular weight is 287 g/mol. The quantitative estimate of drug-likeness (QED) is 0.877. The fourth-order valence-electron chi connectivity index (χ4n) is 2.36. The summed E-state index contributed by atoms with van der Waals surface area (Å²) in [6.07, 6.45) is 2.51. The number of hydrogen-bond donors (Lipinski definition) is 1. The van der Waals surface area contributed by atoms with Crippen molar-refractivity contribution in [2.75, 3.05) is 11.9 Å². The average Bonchev–Trinajstić information content (AvgIpc) is 2.47. The summed E-state index contributed by atoms with van der Waals surface area (Å²) in [5.41, 5.74) is 3.21. The Labute approximate surface area is 125 Å². The molecule has 0 unspecified atom stereocenters. The van der Waals surface area contributed by atoms with E-state index in [-0.39, 0.29) is 11.7 Å². The molecule has 0 spiro atoms. The summed E-state index contributed by atoms with van der Waals surface area (Å²) < 4.78 is 14.2. The first-order valence-electron chi connectivity index (χ1n) is 7.39. The molecule has 0 aliphatic rings. The van der Waals surface area contributed by atoms with Crippen LogP contribution in [0.5, 0.6) is 0 Å². The number of rotatable bonds is 5. The minimum absolute atomic E-state index is 0.209. The normalized spacial score (nSPS) is 11.0. The van der Waals surface area contributed by atoms with Crippen LogP contribution in [0.1, 0.15) is 44.2 Å². The Kier molecular flexibility index (Phi) is 4.89. The van der Waals surface area contributed by atoms with Gasteiger partial charge in [0.15, 0.2) is 0 Å². The van der Waals surface area contributed by atoms with Gasteiger partial charge in [-0.3, -0.25) is 0 Å². The van der Waals surface area contributed by atoms with Crippen LogP contribution in [0.15, 0.2) is 24.5 Å². The maximum atomic E-state index is 14.2. The van der Waals surface area contributed by atoms with Gasteiger partial charge in [0.25, 0.3) is 0 Å². The van der Waals surface area contributed by atoms with Crippen molar-refractivity contribution in [2.24, 2.45) is 0 Å². The standard InChI is InChI=1S/C17H22FN3/c1-5-8-19-17-15(11(2)3)16(20-10-21-17)13-9-12(4)6-7-14(13)18/h6-7,9-11H,5,8H2,1-4H3,(H,19,20,21). The van der Waals surface area contributed by atoms with E-state index >= 15 is 0 Å². The summed E-state index contributed by atoms with van der Waals surface area (Å²) in [5.74, 6) is 0.765. The Morgan fingerprint density at radius 3 is 2.67 bits per heavy atom. The second-order valence-electron chi connectivity index (χ2n) is 5.55. The van der Waals surface area contributed by atoms with E-state index in [0.717, 1.165) is 29.9 Å². The van der Waals surface area contributed by atoms with Gasteiger partial charge in [-0.05, 0) is 31.4 Å². The maximum absolute atomic E-state index is 14.2. The van der Waals surface area contributed by atoms with E-state index in [1.165, 1.54) is 12.4 Å². The number of aromatic nitrogens is 2. The van der Waals surface area contributed by atoms with Gasteiger partial charge in [0.2, 0.25) is 0 Å². The monoisotopic (exact) mass is 287 g/mol. The molecule has 0 fully saturated rings. The van der Waals surface area contributed by atoms with Crippen LogP contribution < -0.4 is 5.32 Å². The Morgan fingerprint density at radius 1 is 1.24 bits per heavy atom. The topological polar surface area (TPSA) is 37.8 Å². The molecule has 1 aromatic carbocycles. The lowest BCUT2D eigenvalue weighted by Gasteiger charge is -2.17. The molecule has 0 amide bonds. The van der Waals surface area contributed by atoms with E-state index in [1.54, 1.807) is 6.07 Å². The molecular weight excluding hydrogens is 265 g/mol. The van der Waals surface area contributed by atoms with Gasteiger partial charge in [-0.15, -0.1) is 0 Å². The van der Waals surface area contributed by atoms with Crippen LogP contribution in [0.25, 0.3) is 11.3 Å². The SMILES string of the molecule is CCCNc1ncnc(-c2cc(C)ccc2F)c1C(C)C. The number of anilines is 1. The van der Waals surface area contributed by atoms with E-state index in [4.69, 9.17) is 0 Å². The smallest absolute Gasteiger partial charge is 0.133 e. The van der Waals surface area contributed by atoms with Crippen molar-refractivity contribution in [3.8, 4) is 11.3 Å². The van der Waals surface area contributed by atoms with Gasteiger partial charge in [0.05, 0.1) is 5.69 Å². The molecule has 0 aliphatic heterocycles.